The molecule has 2 aromatic rings. The van der Waals surface area contributed by atoms with E-state index in [0.29, 0.717) is 11.5 Å². The normalized spacial score (nSPS) is 11.6. The van der Waals surface area contributed by atoms with E-state index in [4.69, 9.17) is 5.26 Å². The summed E-state index contributed by atoms with van der Waals surface area (Å²) in [7, 11) is 0. The van der Waals surface area contributed by atoms with E-state index in [1.54, 1.807) is 12.4 Å². The summed E-state index contributed by atoms with van der Waals surface area (Å²) < 4.78 is 0. The maximum Gasteiger partial charge on any atom is 0.145 e. The van der Waals surface area contributed by atoms with Crippen molar-refractivity contribution in [2.75, 3.05) is 5.32 Å². The minimum Gasteiger partial charge on any atom is -0.364 e. The third-order valence-electron chi connectivity index (χ3n) is 2.77. The summed E-state index contributed by atoms with van der Waals surface area (Å²) in [6.45, 7) is 3.92. The molecular weight excluding hydrogens is 224 g/mol. The summed E-state index contributed by atoms with van der Waals surface area (Å²) in [6.07, 6.45) is 3.52. The Bertz CT molecular complexity index is 572. The number of aromatic nitrogens is 2. The molecule has 0 aliphatic rings. The van der Waals surface area contributed by atoms with Crippen LogP contribution in [0.2, 0.25) is 0 Å². The molecule has 2 heterocycles. The third kappa shape index (κ3) is 2.64. The summed E-state index contributed by atoms with van der Waals surface area (Å²) in [6, 6.07) is 9.90. The predicted molar refractivity (Wildman–Crippen MR) is 70.0 cm³/mol. The van der Waals surface area contributed by atoms with Crippen LogP contribution in [0.15, 0.2) is 36.7 Å². The molecule has 18 heavy (non-hydrogen) atoms. The molecule has 90 valence electrons. The van der Waals surface area contributed by atoms with Gasteiger partial charge < -0.3 is 5.32 Å². The molecule has 2 aromatic heterocycles. The summed E-state index contributed by atoms with van der Waals surface area (Å²) in [5.74, 6) is 0.710. The number of hydrogen-bond donors (Lipinski definition) is 1. The van der Waals surface area contributed by atoms with Gasteiger partial charge in [0.2, 0.25) is 0 Å². The van der Waals surface area contributed by atoms with Crippen LogP contribution in [-0.2, 0) is 0 Å². The lowest BCUT2D eigenvalue weighted by molar-refractivity contribution is 0.869. The van der Waals surface area contributed by atoms with E-state index in [2.05, 4.69) is 21.4 Å². The molecule has 0 spiro atoms. The molecule has 0 amide bonds. The second kappa shape index (κ2) is 5.28. The zero-order valence-electron chi connectivity index (χ0n) is 10.4. The van der Waals surface area contributed by atoms with Gasteiger partial charge in [-0.15, -0.1) is 0 Å². The number of anilines is 1. The van der Waals surface area contributed by atoms with Gasteiger partial charge in [0, 0.05) is 12.4 Å². The smallest absolute Gasteiger partial charge is 0.145 e. The minimum absolute atomic E-state index is 0.120. The SMILES string of the molecule is Cc1ccc(NC(C)c2ccncc2)nc1C#N. The second-order valence-electron chi connectivity index (χ2n) is 4.12. The van der Waals surface area contributed by atoms with Crippen LogP contribution in [0.4, 0.5) is 5.82 Å². The Balaban J connectivity index is 2.18. The monoisotopic (exact) mass is 238 g/mol. The van der Waals surface area contributed by atoms with Gasteiger partial charge in [0.15, 0.2) is 0 Å². The summed E-state index contributed by atoms with van der Waals surface area (Å²) >= 11 is 0. The highest BCUT2D eigenvalue weighted by molar-refractivity contribution is 5.44. The van der Waals surface area contributed by atoms with Crippen LogP contribution in [0.25, 0.3) is 0 Å². The van der Waals surface area contributed by atoms with Crippen LogP contribution >= 0.6 is 0 Å². The highest BCUT2D eigenvalue weighted by Gasteiger charge is 2.07. The Kier molecular flexibility index (Phi) is 3.54. The van der Waals surface area contributed by atoms with Crippen molar-refractivity contribution < 1.29 is 0 Å². The lowest BCUT2D eigenvalue weighted by Gasteiger charge is -2.15. The van der Waals surface area contributed by atoms with Crippen molar-refractivity contribution in [3.8, 4) is 6.07 Å². The molecule has 1 N–H and O–H groups in total. The maximum atomic E-state index is 8.95. The Morgan fingerprint density at radius 3 is 2.61 bits per heavy atom. The first-order valence-electron chi connectivity index (χ1n) is 5.75. The van der Waals surface area contributed by atoms with E-state index < -0.39 is 0 Å². The summed E-state index contributed by atoms with van der Waals surface area (Å²) in [5, 5.41) is 12.2. The third-order valence-corrected chi connectivity index (χ3v) is 2.77. The quantitative estimate of drug-likeness (QED) is 0.893. The average Bonchev–Trinajstić information content (AvgIpc) is 2.42. The molecule has 0 bridgehead atoms. The number of rotatable bonds is 3. The molecule has 4 heteroatoms. The molecule has 0 aliphatic carbocycles. The van der Waals surface area contributed by atoms with Crippen molar-refractivity contribution in [1.29, 1.82) is 5.26 Å². The van der Waals surface area contributed by atoms with E-state index in [-0.39, 0.29) is 6.04 Å². The van der Waals surface area contributed by atoms with Crippen molar-refractivity contribution in [3.63, 3.8) is 0 Å². The van der Waals surface area contributed by atoms with Gasteiger partial charge in [-0.3, -0.25) is 4.98 Å². The number of nitrogens with zero attached hydrogens (tertiary/aromatic N) is 3. The molecule has 2 rings (SSSR count). The first-order valence-corrected chi connectivity index (χ1v) is 5.75. The van der Waals surface area contributed by atoms with Crippen molar-refractivity contribution in [3.05, 3.63) is 53.5 Å². The Labute approximate surface area is 106 Å². The maximum absolute atomic E-state index is 8.95. The number of aryl methyl sites for hydroxylation is 1. The lowest BCUT2D eigenvalue weighted by Crippen LogP contribution is -2.08. The van der Waals surface area contributed by atoms with Gasteiger partial charge in [-0.25, -0.2) is 4.98 Å². The van der Waals surface area contributed by atoms with Crippen LogP contribution < -0.4 is 5.32 Å². The molecule has 1 atom stereocenters. The molecule has 0 saturated carbocycles. The van der Waals surface area contributed by atoms with E-state index in [1.165, 1.54) is 0 Å². The van der Waals surface area contributed by atoms with Gasteiger partial charge in [0.25, 0.3) is 0 Å². The first kappa shape index (κ1) is 12.1. The fourth-order valence-corrected chi connectivity index (χ4v) is 1.68. The van der Waals surface area contributed by atoms with Crippen molar-refractivity contribution >= 4 is 5.82 Å². The Morgan fingerprint density at radius 1 is 1.22 bits per heavy atom. The highest BCUT2D eigenvalue weighted by atomic mass is 15.0. The molecule has 0 radical (unpaired) electrons. The predicted octanol–water partition coefficient (Wildman–Crippen LogP) is 2.83. The molecule has 0 aliphatic heterocycles. The molecule has 1 unspecified atom stereocenters. The molecular formula is C14H14N4. The Hall–Kier alpha value is -2.41. The van der Waals surface area contributed by atoms with Crippen LogP contribution in [-0.4, -0.2) is 9.97 Å². The highest BCUT2D eigenvalue weighted by Crippen LogP contribution is 2.18. The van der Waals surface area contributed by atoms with E-state index in [9.17, 15) is 0 Å². The van der Waals surface area contributed by atoms with Crippen molar-refractivity contribution in [1.82, 2.24) is 9.97 Å². The Morgan fingerprint density at radius 2 is 1.94 bits per heavy atom. The summed E-state index contributed by atoms with van der Waals surface area (Å²) in [4.78, 5) is 8.26. The zero-order valence-corrected chi connectivity index (χ0v) is 10.4. The van der Waals surface area contributed by atoms with Gasteiger partial charge in [-0.2, -0.15) is 5.26 Å². The van der Waals surface area contributed by atoms with Crippen molar-refractivity contribution in [2.24, 2.45) is 0 Å². The number of pyridine rings is 2. The zero-order chi connectivity index (χ0) is 13.0. The molecule has 4 nitrogen and oxygen atoms in total. The molecule has 0 aromatic carbocycles. The summed E-state index contributed by atoms with van der Waals surface area (Å²) in [5.41, 5.74) is 2.48. The van der Waals surface area contributed by atoms with E-state index >= 15 is 0 Å². The van der Waals surface area contributed by atoms with Crippen LogP contribution in [0, 0.1) is 18.3 Å². The van der Waals surface area contributed by atoms with E-state index in [0.717, 1.165) is 11.1 Å². The van der Waals surface area contributed by atoms with Crippen molar-refractivity contribution in [2.45, 2.75) is 19.9 Å². The van der Waals surface area contributed by atoms with Crippen LogP contribution in [0.1, 0.15) is 29.8 Å². The molecule has 0 saturated heterocycles. The standard InChI is InChI=1S/C14H14N4/c1-10-3-4-14(18-13(10)9-15)17-11(2)12-5-7-16-8-6-12/h3-8,11H,1-2H3,(H,17,18). The minimum atomic E-state index is 0.120. The van der Waals surface area contributed by atoms with Gasteiger partial charge in [0.1, 0.15) is 17.6 Å². The second-order valence-corrected chi connectivity index (χ2v) is 4.12. The van der Waals surface area contributed by atoms with Gasteiger partial charge in [-0.05, 0) is 43.2 Å². The largest absolute Gasteiger partial charge is 0.364 e. The van der Waals surface area contributed by atoms with Crippen LogP contribution in [0.3, 0.4) is 0 Å². The fraction of sp³-hybridized carbons (Fsp3) is 0.214. The fourth-order valence-electron chi connectivity index (χ4n) is 1.68. The van der Waals surface area contributed by atoms with Crippen LogP contribution in [0.5, 0.6) is 0 Å². The van der Waals surface area contributed by atoms with Gasteiger partial charge >= 0.3 is 0 Å². The topological polar surface area (TPSA) is 61.6 Å². The van der Waals surface area contributed by atoms with E-state index in [1.807, 2.05) is 38.1 Å². The molecule has 0 fully saturated rings. The lowest BCUT2D eigenvalue weighted by atomic mass is 10.1. The number of hydrogen-bond acceptors (Lipinski definition) is 4. The number of nitriles is 1. The van der Waals surface area contributed by atoms with Gasteiger partial charge in [-0.1, -0.05) is 6.07 Å². The van der Waals surface area contributed by atoms with Gasteiger partial charge in [0.05, 0.1) is 6.04 Å². The average molecular weight is 238 g/mol. The number of nitrogens with one attached hydrogen (secondary N) is 1. The first-order chi connectivity index (χ1) is 8.70.